The molecule has 19 heteroatoms. The minimum Gasteiger partial charge on any atom is -0.341 e. The SMILES string of the molecule is O=C(N[C@@H](C(=O)N1CCN(CC2CCN(CC(=O)N3CCN(C(=O)c4cc(Cc5n[nH]c(=O)c6ccccc56)ccc4F)CC3)CC2)CC1)C1CCCCC1)c1c(F)ccc(C2CCCN(C(=O)CNC3CC3)C2)c1F. The van der Waals surface area contributed by atoms with Crippen LogP contribution in [0.5, 0.6) is 0 Å². The molecule has 6 aliphatic rings. The van der Waals surface area contributed by atoms with Crippen LogP contribution in [0.1, 0.15) is 114 Å². The Morgan fingerprint density at radius 3 is 2.11 bits per heavy atom. The predicted octanol–water partition coefficient (Wildman–Crippen LogP) is 4.91. The number of benzene rings is 3. The molecule has 0 bridgehead atoms. The molecule has 0 spiro atoms. The van der Waals surface area contributed by atoms with Crippen molar-refractivity contribution in [2.24, 2.45) is 11.8 Å². The van der Waals surface area contributed by atoms with E-state index in [1.807, 2.05) is 12.1 Å². The summed E-state index contributed by atoms with van der Waals surface area (Å²) in [5, 5.41) is 14.0. The van der Waals surface area contributed by atoms with E-state index in [9.17, 15) is 28.8 Å². The average molecular weight is 1050 g/mol. The van der Waals surface area contributed by atoms with Crippen LogP contribution in [0.4, 0.5) is 13.2 Å². The fraction of sp³-hybridized carbons (Fsp3) is 0.561. The zero-order valence-electron chi connectivity index (χ0n) is 43.4. The van der Waals surface area contributed by atoms with E-state index >= 15 is 13.2 Å². The van der Waals surface area contributed by atoms with Gasteiger partial charge in [-0.3, -0.25) is 38.6 Å². The molecule has 1 aromatic heterocycles. The van der Waals surface area contributed by atoms with E-state index in [2.05, 4.69) is 30.6 Å². The maximum Gasteiger partial charge on any atom is 0.272 e. The normalized spacial score (nSPS) is 21.0. The molecule has 10 rings (SSSR count). The minimum atomic E-state index is -0.978. The Morgan fingerprint density at radius 1 is 0.671 bits per heavy atom. The number of carbonyl (C=O) groups is 5. The number of piperazine rings is 2. The average Bonchev–Trinajstić information content (AvgIpc) is 4.29. The van der Waals surface area contributed by atoms with E-state index in [1.54, 1.807) is 43.9 Å². The largest absolute Gasteiger partial charge is 0.341 e. The van der Waals surface area contributed by atoms with Crippen LogP contribution in [0.25, 0.3) is 10.8 Å². The van der Waals surface area contributed by atoms with Crippen molar-refractivity contribution in [2.75, 3.05) is 98.2 Å². The van der Waals surface area contributed by atoms with Crippen LogP contribution in [-0.2, 0) is 20.8 Å². The molecule has 5 heterocycles. The number of amides is 5. The number of aromatic nitrogens is 2. The maximum absolute atomic E-state index is 16.4. The monoisotopic (exact) mass is 1050 g/mol. The molecule has 1 unspecified atom stereocenters. The molecule has 0 radical (unpaired) electrons. The quantitative estimate of drug-likeness (QED) is 0.149. The molecule has 3 aromatic carbocycles. The van der Waals surface area contributed by atoms with Gasteiger partial charge in [-0.2, -0.15) is 5.10 Å². The Bertz CT molecular complexity index is 2830. The van der Waals surface area contributed by atoms with Gasteiger partial charge in [0.25, 0.3) is 17.4 Å². The van der Waals surface area contributed by atoms with Crippen molar-refractivity contribution in [1.82, 2.24) is 50.2 Å². The van der Waals surface area contributed by atoms with Crippen molar-refractivity contribution in [3.8, 4) is 0 Å². The van der Waals surface area contributed by atoms with Crippen LogP contribution in [-0.4, -0.2) is 179 Å². The van der Waals surface area contributed by atoms with Crippen LogP contribution < -0.4 is 16.2 Å². The molecular formula is C57H71F3N10O6. The van der Waals surface area contributed by atoms with Crippen LogP contribution in [0.3, 0.4) is 0 Å². The molecule has 2 atom stereocenters. The first-order valence-electron chi connectivity index (χ1n) is 27.7. The molecule has 4 aromatic rings. The number of hydrogen-bond donors (Lipinski definition) is 3. The number of rotatable bonds is 15. The lowest BCUT2D eigenvalue weighted by atomic mass is 9.83. The highest BCUT2D eigenvalue weighted by molar-refractivity contribution is 5.98. The van der Waals surface area contributed by atoms with E-state index in [-0.39, 0.29) is 72.4 Å². The minimum absolute atomic E-state index is 0.00359. The summed E-state index contributed by atoms with van der Waals surface area (Å²) >= 11 is 0. The van der Waals surface area contributed by atoms with Crippen molar-refractivity contribution < 1.29 is 37.1 Å². The van der Waals surface area contributed by atoms with Crippen molar-refractivity contribution in [3.63, 3.8) is 0 Å². The van der Waals surface area contributed by atoms with Gasteiger partial charge in [0.15, 0.2) is 0 Å². The summed E-state index contributed by atoms with van der Waals surface area (Å²) in [7, 11) is 0. The lowest BCUT2D eigenvalue weighted by Crippen LogP contribution is -2.57. The third-order valence-corrected chi connectivity index (χ3v) is 16.9. The summed E-state index contributed by atoms with van der Waals surface area (Å²) in [6, 6.07) is 13.6. The second-order valence-corrected chi connectivity index (χ2v) is 22.1. The molecule has 5 amide bonds. The predicted molar refractivity (Wildman–Crippen MR) is 280 cm³/mol. The van der Waals surface area contributed by atoms with Gasteiger partial charge in [-0.05, 0) is 112 Å². The molecule has 2 aliphatic carbocycles. The number of halogens is 3. The first-order valence-corrected chi connectivity index (χ1v) is 27.7. The van der Waals surface area contributed by atoms with Gasteiger partial charge in [-0.15, -0.1) is 0 Å². The summed E-state index contributed by atoms with van der Waals surface area (Å²) in [6.07, 6.45) is 9.87. The highest BCUT2D eigenvalue weighted by atomic mass is 19.1. The molecule has 4 aliphatic heterocycles. The summed E-state index contributed by atoms with van der Waals surface area (Å²) in [5.41, 5.74) is 0.489. The zero-order chi connectivity index (χ0) is 52.9. The van der Waals surface area contributed by atoms with Gasteiger partial charge in [-0.1, -0.05) is 49.6 Å². The number of piperidine rings is 2. The van der Waals surface area contributed by atoms with Gasteiger partial charge >= 0.3 is 0 Å². The number of nitrogens with one attached hydrogen (secondary N) is 3. The lowest BCUT2D eigenvalue weighted by molar-refractivity contribution is -0.137. The summed E-state index contributed by atoms with van der Waals surface area (Å²) < 4.78 is 47.1. The molecule has 4 saturated heterocycles. The van der Waals surface area contributed by atoms with Crippen LogP contribution in [0, 0.1) is 29.3 Å². The van der Waals surface area contributed by atoms with Gasteiger partial charge < -0.3 is 30.2 Å². The molecule has 6 fully saturated rings. The van der Waals surface area contributed by atoms with Gasteiger partial charge in [-0.25, -0.2) is 18.3 Å². The second-order valence-electron chi connectivity index (χ2n) is 22.1. The first-order chi connectivity index (χ1) is 36.9. The van der Waals surface area contributed by atoms with Gasteiger partial charge in [0.1, 0.15) is 29.1 Å². The van der Waals surface area contributed by atoms with E-state index in [1.165, 1.54) is 12.1 Å². The Balaban J connectivity index is 0.668. The van der Waals surface area contributed by atoms with Gasteiger partial charge in [0, 0.05) is 95.8 Å². The van der Waals surface area contributed by atoms with Crippen LogP contribution >= 0.6 is 0 Å². The number of likely N-dealkylation sites (tertiary alicyclic amines) is 2. The topological polar surface area (TPSA) is 175 Å². The maximum atomic E-state index is 16.4. The highest BCUT2D eigenvalue weighted by Gasteiger charge is 2.38. The van der Waals surface area contributed by atoms with Crippen molar-refractivity contribution in [1.29, 1.82) is 0 Å². The molecule has 76 heavy (non-hydrogen) atoms. The van der Waals surface area contributed by atoms with Crippen LogP contribution in [0.2, 0.25) is 0 Å². The Morgan fingerprint density at radius 2 is 1.37 bits per heavy atom. The molecule has 2 saturated carbocycles. The highest BCUT2D eigenvalue weighted by Crippen LogP contribution is 2.33. The number of hydrogen-bond acceptors (Lipinski definition) is 10. The Kier molecular flexibility index (Phi) is 16.8. The van der Waals surface area contributed by atoms with E-state index in [0.717, 1.165) is 83.5 Å². The molecule has 3 N–H and O–H groups in total. The Hall–Kier alpha value is -6.18. The standard InChI is InChI=1S/C57H71F3N10O6/c58-46-16-12-38(32-48-43-10-4-5-11-44(43)54(73)64-63-48)31-45(46)56(75)68-29-27-67(28-30-68)50(72)36-65-21-18-37(19-22-65)34-66-23-25-69(26-24-66)57(76)53(39-7-2-1-3-8-39)62-55(74)51-47(59)17-15-42(52(51)60)40-9-6-20-70(35-40)49(71)33-61-41-13-14-41/h4-5,10-12,15-17,31,37,39-41,53,61H,1-3,6-9,13-14,18-30,32-36H2,(H,62,74)(H,64,73)/t40?,53-/m1/s1. The Labute approximate surface area is 441 Å². The van der Waals surface area contributed by atoms with E-state index < -0.39 is 40.9 Å². The number of carbonyl (C=O) groups excluding carboxylic acids is 5. The first kappa shape index (κ1) is 53.2. The lowest BCUT2D eigenvalue weighted by Gasteiger charge is -2.41. The molecular weight excluding hydrogens is 978 g/mol. The van der Waals surface area contributed by atoms with Crippen LogP contribution in [0.15, 0.2) is 59.4 Å². The third-order valence-electron chi connectivity index (χ3n) is 16.9. The van der Waals surface area contributed by atoms with Crippen molar-refractivity contribution in [3.05, 3.63) is 110 Å². The summed E-state index contributed by atoms with van der Waals surface area (Å²) in [6.45, 7) is 7.36. The zero-order valence-corrected chi connectivity index (χ0v) is 43.4. The third kappa shape index (κ3) is 12.5. The van der Waals surface area contributed by atoms with Crippen molar-refractivity contribution >= 4 is 40.3 Å². The summed E-state index contributed by atoms with van der Waals surface area (Å²) in [4.78, 5) is 92.2. The van der Waals surface area contributed by atoms with Gasteiger partial charge in [0.2, 0.25) is 17.7 Å². The summed E-state index contributed by atoms with van der Waals surface area (Å²) in [5.74, 6) is -4.25. The number of H-pyrrole nitrogens is 1. The fourth-order valence-electron chi connectivity index (χ4n) is 12.2. The smallest absolute Gasteiger partial charge is 0.272 e. The number of nitrogens with zero attached hydrogens (tertiary/aromatic N) is 7. The van der Waals surface area contributed by atoms with Gasteiger partial charge in [0.05, 0.1) is 29.7 Å². The molecule has 16 nitrogen and oxygen atoms in total. The van der Waals surface area contributed by atoms with E-state index in [4.69, 9.17) is 0 Å². The number of aromatic amines is 1. The fourth-order valence-corrected chi connectivity index (χ4v) is 12.2. The second kappa shape index (κ2) is 24.0. The van der Waals surface area contributed by atoms with Crippen molar-refractivity contribution in [2.45, 2.75) is 95.1 Å². The molecule has 406 valence electrons. The number of fused-ring (bicyclic) bond motifs is 1. The van der Waals surface area contributed by atoms with E-state index in [0.29, 0.717) is 106 Å².